The van der Waals surface area contributed by atoms with Crippen molar-refractivity contribution in [2.75, 3.05) is 13.7 Å². The van der Waals surface area contributed by atoms with Crippen LogP contribution in [0.1, 0.15) is 11.1 Å². The molecular formula is C14H18N2O3. The monoisotopic (exact) mass is 262 g/mol. The minimum Gasteiger partial charge on any atom is -0.497 e. The first-order valence-corrected chi connectivity index (χ1v) is 6.11. The molecule has 0 saturated heterocycles. The molecule has 0 atom stereocenters. The summed E-state index contributed by atoms with van der Waals surface area (Å²) in [5.41, 5.74) is 1.85. The van der Waals surface area contributed by atoms with Gasteiger partial charge in [0, 0.05) is 25.2 Å². The van der Waals surface area contributed by atoms with Crippen LogP contribution in [0.5, 0.6) is 11.5 Å². The van der Waals surface area contributed by atoms with Gasteiger partial charge in [-0.2, -0.15) is 5.10 Å². The van der Waals surface area contributed by atoms with Crippen molar-refractivity contribution in [3.05, 3.63) is 41.7 Å². The van der Waals surface area contributed by atoms with Crippen LogP contribution in [0.4, 0.5) is 0 Å². The summed E-state index contributed by atoms with van der Waals surface area (Å²) in [6, 6.07) is 5.41. The number of aryl methyl sites for hydroxylation is 1. The van der Waals surface area contributed by atoms with E-state index in [1.54, 1.807) is 17.9 Å². The molecule has 0 amide bonds. The Balaban J connectivity index is 1.95. The maximum Gasteiger partial charge on any atom is 0.125 e. The van der Waals surface area contributed by atoms with Gasteiger partial charge in [-0.3, -0.25) is 4.68 Å². The highest BCUT2D eigenvalue weighted by molar-refractivity contribution is 5.39. The van der Waals surface area contributed by atoms with Gasteiger partial charge in [0.15, 0.2) is 0 Å². The topological polar surface area (TPSA) is 56.5 Å². The van der Waals surface area contributed by atoms with E-state index in [-0.39, 0.29) is 6.61 Å². The number of hydrogen-bond acceptors (Lipinski definition) is 4. The molecule has 19 heavy (non-hydrogen) atoms. The van der Waals surface area contributed by atoms with Gasteiger partial charge < -0.3 is 14.6 Å². The third-order valence-electron chi connectivity index (χ3n) is 2.84. The predicted molar refractivity (Wildman–Crippen MR) is 71.3 cm³/mol. The van der Waals surface area contributed by atoms with E-state index in [0.29, 0.717) is 18.1 Å². The Labute approximate surface area is 112 Å². The second kappa shape index (κ2) is 6.24. The quantitative estimate of drug-likeness (QED) is 0.858. The number of benzene rings is 1. The summed E-state index contributed by atoms with van der Waals surface area (Å²) < 4.78 is 12.6. The average molecular weight is 262 g/mol. The smallest absolute Gasteiger partial charge is 0.125 e. The molecule has 0 fully saturated rings. The molecule has 0 radical (unpaired) electrons. The number of nitrogens with zero attached hydrogens (tertiary/aromatic N) is 2. The number of aliphatic hydroxyl groups excluding tert-OH is 1. The molecule has 0 aliphatic heterocycles. The summed E-state index contributed by atoms with van der Waals surface area (Å²) in [5.74, 6) is 1.40. The molecule has 1 N–H and O–H groups in total. The Morgan fingerprint density at radius 3 is 2.84 bits per heavy atom. The first kappa shape index (κ1) is 13.4. The van der Waals surface area contributed by atoms with E-state index in [4.69, 9.17) is 9.47 Å². The molecule has 0 aliphatic carbocycles. The van der Waals surface area contributed by atoms with Gasteiger partial charge in [-0.05, 0) is 23.8 Å². The molecule has 0 unspecified atom stereocenters. The highest BCUT2D eigenvalue weighted by Gasteiger charge is 2.05. The van der Waals surface area contributed by atoms with E-state index in [1.807, 2.05) is 31.6 Å². The summed E-state index contributed by atoms with van der Waals surface area (Å²) in [4.78, 5) is 0. The van der Waals surface area contributed by atoms with Crippen LogP contribution in [0, 0.1) is 0 Å². The van der Waals surface area contributed by atoms with Crippen LogP contribution in [0.3, 0.4) is 0 Å². The Morgan fingerprint density at radius 2 is 2.21 bits per heavy atom. The van der Waals surface area contributed by atoms with Crippen molar-refractivity contribution in [2.45, 2.75) is 13.0 Å². The third kappa shape index (κ3) is 3.48. The molecule has 2 rings (SSSR count). The minimum absolute atomic E-state index is 0.0700. The minimum atomic E-state index is -0.0700. The lowest BCUT2D eigenvalue weighted by Gasteiger charge is -2.11. The lowest BCUT2D eigenvalue weighted by molar-refractivity contribution is 0.262. The fourth-order valence-electron chi connectivity index (χ4n) is 1.83. The van der Waals surface area contributed by atoms with Gasteiger partial charge in [-0.1, -0.05) is 0 Å². The normalized spacial score (nSPS) is 10.5. The first-order valence-electron chi connectivity index (χ1n) is 6.11. The maximum atomic E-state index is 9.31. The second-order valence-corrected chi connectivity index (χ2v) is 4.25. The molecule has 5 nitrogen and oxygen atoms in total. The van der Waals surface area contributed by atoms with Gasteiger partial charge in [-0.15, -0.1) is 0 Å². The predicted octanol–water partition coefficient (Wildman–Crippen LogP) is 1.54. The molecule has 5 heteroatoms. The van der Waals surface area contributed by atoms with Crippen molar-refractivity contribution in [2.24, 2.45) is 7.05 Å². The summed E-state index contributed by atoms with van der Waals surface area (Å²) in [6.07, 6.45) is 4.57. The van der Waals surface area contributed by atoms with Crippen LogP contribution in [0.2, 0.25) is 0 Å². The Hall–Kier alpha value is -2.01. The summed E-state index contributed by atoms with van der Waals surface area (Å²) in [7, 11) is 3.48. The Kier molecular flexibility index (Phi) is 4.41. The van der Waals surface area contributed by atoms with Crippen molar-refractivity contribution in [1.29, 1.82) is 0 Å². The molecule has 102 valence electrons. The highest BCUT2D eigenvalue weighted by atomic mass is 16.5. The lowest BCUT2D eigenvalue weighted by Crippen LogP contribution is -2.03. The number of ether oxygens (including phenoxy) is 2. The van der Waals surface area contributed by atoms with Crippen molar-refractivity contribution in [3.8, 4) is 11.5 Å². The first-order chi connectivity index (χ1) is 9.22. The Morgan fingerprint density at radius 1 is 1.37 bits per heavy atom. The van der Waals surface area contributed by atoms with Crippen molar-refractivity contribution in [1.82, 2.24) is 9.78 Å². The van der Waals surface area contributed by atoms with Crippen LogP contribution in [0.25, 0.3) is 0 Å². The van der Waals surface area contributed by atoms with Gasteiger partial charge in [0.1, 0.15) is 11.5 Å². The van der Waals surface area contributed by atoms with Crippen LogP contribution in [0.15, 0.2) is 30.6 Å². The fourth-order valence-corrected chi connectivity index (χ4v) is 1.83. The van der Waals surface area contributed by atoms with E-state index in [2.05, 4.69) is 5.10 Å². The van der Waals surface area contributed by atoms with Crippen LogP contribution in [-0.4, -0.2) is 28.6 Å². The SMILES string of the molecule is COc1ccc(OCCc2cnn(C)c2)c(CO)c1. The zero-order chi connectivity index (χ0) is 13.7. The van der Waals surface area contributed by atoms with E-state index in [1.165, 1.54) is 0 Å². The van der Waals surface area contributed by atoms with Gasteiger partial charge in [-0.25, -0.2) is 0 Å². The molecule has 0 aliphatic rings. The van der Waals surface area contributed by atoms with Crippen molar-refractivity contribution < 1.29 is 14.6 Å². The van der Waals surface area contributed by atoms with Gasteiger partial charge >= 0.3 is 0 Å². The molecule has 1 aromatic heterocycles. The Bertz CT molecular complexity index is 537. The second-order valence-electron chi connectivity index (χ2n) is 4.25. The lowest BCUT2D eigenvalue weighted by atomic mass is 10.2. The number of rotatable bonds is 6. The number of aliphatic hydroxyl groups is 1. The van der Waals surface area contributed by atoms with Crippen LogP contribution >= 0.6 is 0 Å². The highest BCUT2D eigenvalue weighted by Crippen LogP contribution is 2.24. The molecule has 2 aromatic rings. The maximum absolute atomic E-state index is 9.31. The number of hydrogen-bond donors (Lipinski definition) is 1. The molecular weight excluding hydrogens is 244 g/mol. The van der Waals surface area contributed by atoms with Crippen LogP contribution < -0.4 is 9.47 Å². The zero-order valence-electron chi connectivity index (χ0n) is 11.2. The van der Waals surface area contributed by atoms with Gasteiger partial charge in [0.05, 0.1) is 26.5 Å². The molecule has 0 bridgehead atoms. The number of aromatic nitrogens is 2. The summed E-state index contributed by atoms with van der Waals surface area (Å²) in [6.45, 7) is 0.477. The largest absolute Gasteiger partial charge is 0.497 e. The molecule has 1 aromatic carbocycles. The fraction of sp³-hybridized carbons (Fsp3) is 0.357. The molecule has 1 heterocycles. The van der Waals surface area contributed by atoms with E-state index in [0.717, 1.165) is 17.5 Å². The summed E-state index contributed by atoms with van der Waals surface area (Å²) >= 11 is 0. The third-order valence-corrected chi connectivity index (χ3v) is 2.84. The van der Waals surface area contributed by atoms with Gasteiger partial charge in [0.25, 0.3) is 0 Å². The van der Waals surface area contributed by atoms with E-state index >= 15 is 0 Å². The molecule has 0 saturated carbocycles. The van der Waals surface area contributed by atoms with E-state index in [9.17, 15) is 5.11 Å². The van der Waals surface area contributed by atoms with Crippen molar-refractivity contribution >= 4 is 0 Å². The summed E-state index contributed by atoms with van der Waals surface area (Å²) in [5, 5.41) is 13.4. The average Bonchev–Trinajstić information content (AvgIpc) is 2.84. The van der Waals surface area contributed by atoms with Gasteiger partial charge in [0.2, 0.25) is 0 Å². The van der Waals surface area contributed by atoms with E-state index < -0.39 is 0 Å². The van der Waals surface area contributed by atoms with Crippen molar-refractivity contribution in [3.63, 3.8) is 0 Å². The molecule has 0 spiro atoms. The zero-order valence-corrected chi connectivity index (χ0v) is 11.2. The standard InChI is InChI=1S/C14H18N2O3/c1-16-9-11(8-15-16)5-6-19-14-4-3-13(18-2)7-12(14)10-17/h3-4,7-9,17H,5-6,10H2,1-2H3. The number of methoxy groups -OCH3 is 1. The van der Waals surface area contributed by atoms with Crippen LogP contribution in [-0.2, 0) is 20.1 Å².